The van der Waals surface area contributed by atoms with E-state index in [0.29, 0.717) is 41.8 Å². The zero-order valence-electron chi connectivity index (χ0n) is 15.3. The standard InChI is InChI=1S/C20H19N3O5/c1-22-16-11-21-9-8-14(16)19(26)23(20(22)27)15-6-4-12(5-7-17(24)25)13-3-2-10-28-18(13)15/h4,6,8-9,11H,2-3,5,7,10H2,1H3,(H,24,25). The van der Waals surface area contributed by atoms with Crippen LogP contribution >= 0.6 is 0 Å². The van der Waals surface area contributed by atoms with Crippen LogP contribution in [0, 0.1) is 0 Å². The SMILES string of the molecule is Cn1c(=O)n(-c2ccc(CCC(=O)O)c3c2OCCC3)c(=O)c2ccncc21. The molecule has 28 heavy (non-hydrogen) atoms. The van der Waals surface area contributed by atoms with Crippen molar-refractivity contribution in [2.75, 3.05) is 6.61 Å². The third-order valence-electron chi connectivity index (χ3n) is 5.08. The van der Waals surface area contributed by atoms with Gasteiger partial charge in [0.25, 0.3) is 5.56 Å². The van der Waals surface area contributed by atoms with Crippen LogP contribution in [0.2, 0.25) is 0 Å². The van der Waals surface area contributed by atoms with Crippen molar-refractivity contribution in [3.8, 4) is 11.4 Å². The van der Waals surface area contributed by atoms with E-state index in [1.807, 2.05) is 0 Å². The second-order valence-electron chi connectivity index (χ2n) is 6.77. The van der Waals surface area contributed by atoms with Crippen molar-refractivity contribution in [1.82, 2.24) is 14.1 Å². The van der Waals surface area contributed by atoms with E-state index in [4.69, 9.17) is 9.84 Å². The number of hydrogen-bond donors (Lipinski definition) is 1. The van der Waals surface area contributed by atoms with Gasteiger partial charge in [-0.15, -0.1) is 0 Å². The molecule has 0 radical (unpaired) electrons. The summed E-state index contributed by atoms with van der Waals surface area (Å²) in [5, 5.41) is 9.38. The van der Waals surface area contributed by atoms with E-state index in [2.05, 4.69) is 4.98 Å². The zero-order chi connectivity index (χ0) is 19.8. The van der Waals surface area contributed by atoms with Gasteiger partial charge in [0.05, 0.1) is 29.4 Å². The van der Waals surface area contributed by atoms with Crippen LogP contribution in [-0.4, -0.2) is 31.8 Å². The predicted octanol–water partition coefficient (Wildman–Crippen LogP) is 1.43. The summed E-state index contributed by atoms with van der Waals surface area (Å²) in [7, 11) is 1.59. The van der Waals surface area contributed by atoms with Crippen molar-refractivity contribution in [2.45, 2.75) is 25.7 Å². The summed E-state index contributed by atoms with van der Waals surface area (Å²) >= 11 is 0. The quantitative estimate of drug-likeness (QED) is 0.733. The lowest BCUT2D eigenvalue weighted by atomic mass is 9.95. The molecule has 0 atom stereocenters. The molecule has 0 amide bonds. The van der Waals surface area contributed by atoms with Crippen LogP contribution in [0.3, 0.4) is 0 Å². The third kappa shape index (κ3) is 2.87. The second kappa shape index (κ2) is 6.95. The molecule has 0 saturated heterocycles. The average molecular weight is 381 g/mol. The highest BCUT2D eigenvalue weighted by molar-refractivity contribution is 5.77. The summed E-state index contributed by atoms with van der Waals surface area (Å²) in [5.41, 5.74) is 1.67. The van der Waals surface area contributed by atoms with Crippen LogP contribution in [0.25, 0.3) is 16.6 Å². The Labute approximate surface area is 159 Å². The van der Waals surface area contributed by atoms with Crippen LogP contribution in [-0.2, 0) is 24.7 Å². The summed E-state index contributed by atoms with van der Waals surface area (Å²) in [6.45, 7) is 0.481. The molecule has 0 fully saturated rings. The van der Waals surface area contributed by atoms with Crippen LogP contribution in [0.4, 0.5) is 0 Å². The molecule has 4 rings (SSSR count). The van der Waals surface area contributed by atoms with Crippen LogP contribution < -0.4 is 16.0 Å². The number of rotatable bonds is 4. The molecule has 144 valence electrons. The lowest BCUT2D eigenvalue weighted by molar-refractivity contribution is -0.136. The second-order valence-corrected chi connectivity index (χ2v) is 6.77. The van der Waals surface area contributed by atoms with E-state index in [1.165, 1.54) is 17.0 Å². The number of aliphatic carboxylic acids is 1. The number of pyridine rings is 1. The van der Waals surface area contributed by atoms with Crippen LogP contribution in [0.5, 0.6) is 5.75 Å². The minimum Gasteiger partial charge on any atom is -0.491 e. The van der Waals surface area contributed by atoms with Crippen molar-refractivity contribution in [3.63, 3.8) is 0 Å². The first-order valence-electron chi connectivity index (χ1n) is 9.04. The molecule has 0 bridgehead atoms. The Morgan fingerprint density at radius 1 is 1.29 bits per heavy atom. The fourth-order valence-corrected chi connectivity index (χ4v) is 3.67. The van der Waals surface area contributed by atoms with Gasteiger partial charge in [0.1, 0.15) is 5.75 Å². The Balaban J connectivity index is 1.97. The van der Waals surface area contributed by atoms with Crippen LogP contribution in [0.15, 0.2) is 40.2 Å². The molecule has 0 spiro atoms. The van der Waals surface area contributed by atoms with Gasteiger partial charge < -0.3 is 9.84 Å². The number of carboxylic acids is 1. The molecule has 1 aliphatic rings. The Hall–Kier alpha value is -3.42. The number of hydrogen-bond acceptors (Lipinski definition) is 5. The molecule has 0 unspecified atom stereocenters. The average Bonchev–Trinajstić information content (AvgIpc) is 2.71. The van der Waals surface area contributed by atoms with E-state index >= 15 is 0 Å². The maximum atomic E-state index is 13.1. The molecule has 3 heterocycles. The monoisotopic (exact) mass is 381 g/mol. The van der Waals surface area contributed by atoms with Gasteiger partial charge in [-0.2, -0.15) is 0 Å². The fourth-order valence-electron chi connectivity index (χ4n) is 3.67. The van der Waals surface area contributed by atoms with Crippen molar-refractivity contribution in [1.29, 1.82) is 0 Å². The summed E-state index contributed by atoms with van der Waals surface area (Å²) in [4.78, 5) is 41.0. The molecule has 0 aliphatic carbocycles. The van der Waals surface area contributed by atoms with Gasteiger partial charge in [0, 0.05) is 19.7 Å². The Bertz CT molecular complexity index is 1210. The number of carbonyl (C=O) groups is 1. The number of aromatic nitrogens is 3. The third-order valence-corrected chi connectivity index (χ3v) is 5.08. The lowest BCUT2D eigenvalue weighted by Crippen LogP contribution is -2.38. The van der Waals surface area contributed by atoms with Gasteiger partial charge in [-0.05, 0) is 42.5 Å². The van der Waals surface area contributed by atoms with Gasteiger partial charge in [-0.1, -0.05) is 6.07 Å². The topological polar surface area (TPSA) is 103 Å². The number of carboxylic acid groups (broad SMARTS) is 1. The summed E-state index contributed by atoms with van der Waals surface area (Å²) < 4.78 is 8.36. The Morgan fingerprint density at radius 2 is 2.11 bits per heavy atom. The zero-order valence-corrected chi connectivity index (χ0v) is 15.3. The van der Waals surface area contributed by atoms with Gasteiger partial charge >= 0.3 is 11.7 Å². The van der Waals surface area contributed by atoms with Crippen molar-refractivity contribution < 1.29 is 14.6 Å². The first-order valence-corrected chi connectivity index (χ1v) is 9.04. The number of benzene rings is 1. The Morgan fingerprint density at radius 3 is 2.89 bits per heavy atom. The first-order chi connectivity index (χ1) is 13.5. The number of ether oxygens (including phenoxy) is 1. The van der Waals surface area contributed by atoms with Crippen molar-refractivity contribution in [3.05, 3.63) is 62.6 Å². The predicted molar refractivity (Wildman–Crippen MR) is 102 cm³/mol. The maximum absolute atomic E-state index is 13.1. The highest BCUT2D eigenvalue weighted by Crippen LogP contribution is 2.34. The molecule has 3 aromatic rings. The molecule has 1 N–H and O–H groups in total. The number of fused-ring (bicyclic) bond motifs is 2. The fraction of sp³-hybridized carbons (Fsp3) is 0.300. The molecule has 0 saturated carbocycles. The molecule has 8 nitrogen and oxygen atoms in total. The minimum absolute atomic E-state index is 0.0104. The van der Waals surface area contributed by atoms with Crippen molar-refractivity contribution >= 4 is 16.9 Å². The number of nitrogens with zero attached hydrogens (tertiary/aromatic N) is 3. The summed E-state index contributed by atoms with van der Waals surface area (Å²) in [6.07, 6.45) is 4.90. The smallest absolute Gasteiger partial charge is 0.336 e. The summed E-state index contributed by atoms with van der Waals surface area (Å²) in [5.74, 6) is -0.385. The molecular formula is C20H19N3O5. The van der Waals surface area contributed by atoms with E-state index in [-0.39, 0.29) is 6.42 Å². The molecule has 1 aromatic carbocycles. The lowest BCUT2D eigenvalue weighted by Gasteiger charge is -2.24. The molecule has 8 heteroatoms. The van der Waals surface area contributed by atoms with E-state index in [9.17, 15) is 14.4 Å². The largest absolute Gasteiger partial charge is 0.491 e. The van der Waals surface area contributed by atoms with E-state index in [0.717, 1.165) is 22.1 Å². The normalized spacial score (nSPS) is 13.2. The van der Waals surface area contributed by atoms with Gasteiger partial charge in [0.2, 0.25) is 0 Å². The highest BCUT2D eigenvalue weighted by Gasteiger charge is 2.23. The van der Waals surface area contributed by atoms with Gasteiger partial charge in [-0.25, -0.2) is 9.36 Å². The van der Waals surface area contributed by atoms with Gasteiger partial charge in [-0.3, -0.25) is 19.1 Å². The van der Waals surface area contributed by atoms with Crippen molar-refractivity contribution in [2.24, 2.45) is 7.05 Å². The molecular weight excluding hydrogens is 362 g/mol. The maximum Gasteiger partial charge on any atom is 0.336 e. The molecule has 2 aromatic heterocycles. The highest BCUT2D eigenvalue weighted by atomic mass is 16.5. The number of aryl methyl sites for hydroxylation is 2. The van der Waals surface area contributed by atoms with E-state index in [1.54, 1.807) is 25.2 Å². The summed E-state index contributed by atoms with van der Waals surface area (Å²) in [6, 6.07) is 5.04. The minimum atomic E-state index is -0.872. The van der Waals surface area contributed by atoms with E-state index < -0.39 is 17.2 Å². The van der Waals surface area contributed by atoms with Gasteiger partial charge in [0.15, 0.2) is 0 Å². The first kappa shape index (κ1) is 18.0. The molecule has 1 aliphatic heterocycles. The Kier molecular flexibility index (Phi) is 4.46. The van der Waals surface area contributed by atoms with Crippen LogP contribution in [0.1, 0.15) is 24.0 Å².